The lowest BCUT2D eigenvalue weighted by atomic mass is 10.2. The molecule has 1 aromatic carbocycles. The van der Waals surface area contributed by atoms with E-state index in [1.165, 1.54) is 0 Å². The van der Waals surface area contributed by atoms with E-state index in [0.29, 0.717) is 42.6 Å². The van der Waals surface area contributed by atoms with Gasteiger partial charge in [0.15, 0.2) is 6.29 Å². The highest BCUT2D eigenvalue weighted by Gasteiger charge is 2.10. The van der Waals surface area contributed by atoms with Gasteiger partial charge in [-0.05, 0) is 26.0 Å². The van der Waals surface area contributed by atoms with Gasteiger partial charge in [0.2, 0.25) is 0 Å². The van der Waals surface area contributed by atoms with Crippen molar-refractivity contribution in [3.8, 4) is 11.8 Å². The predicted octanol–water partition coefficient (Wildman–Crippen LogP) is 3.38. The molecule has 19 heavy (non-hydrogen) atoms. The second-order valence-electron chi connectivity index (χ2n) is 3.70. The fourth-order valence-electron chi connectivity index (χ4n) is 1.58. The van der Waals surface area contributed by atoms with Crippen molar-refractivity contribution in [2.75, 3.05) is 19.8 Å². The maximum atomic E-state index is 9.01. The van der Waals surface area contributed by atoms with Crippen molar-refractivity contribution in [3.63, 3.8) is 0 Å². The summed E-state index contributed by atoms with van der Waals surface area (Å²) in [4.78, 5) is 0. The summed E-state index contributed by atoms with van der Waals surface area (Å²) in [6.45, 7) is 5.41. The average Bonchev–Trinajstić information content (AvgIpc) is 2.39. The Bertz CT molecular complexity index is 425. The van der Waals surface area contributed by atoms with E-state index in [9.17, 15) is 0 Å². The van der Waals surface area contributed by atoms with Crippen molar-refractivity contribution in [2.24, 2.45) is 0 Å². The first-order valence-electron chi connectivity index (χ1n) is 6.27. The van der Waals surface area contributed by atoms with Crippen LogP contribution in [0.4, 0.5) is 0 Å². The molecule has 104 valence electrons. The van der Waals surface area contributed by atoms with E-state index < -0.39 is 0 Å². The van der Waals surface area contributed by atoms with Gasteiger partial charge in [0.05, 0.1) is 11.6 Å². The molecule has 0 aromatic heterocycles. The molecule has 0 atom stereocenters. The van der Waals surface area contributed by atoms with Crippen LogP contribution in [-0.4, -0.2) is 26.1 Å². The van der Waals surface area contributed by atoms with Gasteiger partial charge in [-0.2, -0.15) is 5.26 Å². The fourth-order valence-corrected chi connectivity index (χ4v) is 1.79. The predicted molar refractivity (Wildman–Crippen MR) is 73.3 cm³/mol. The molecule has 0 unspecified atom stereocenters. The van der Waals surface area contributed by atoms with Crippen molar-refractivity contribution in [1.29, 1.82) is 5.26 Å². The standard InChI is InChI=1S/C14H18ClNO3/c1-3-17-14(18-4-2)8-9-19-13-7-5-6-12(15)11(13)10-16/h5-7,14H,3-4,8-9H2,1-2H3. The Morgan fingerprint density at radius 2 is 1.95 bits per heavy atom. The molecule has 5 heteroatoms. The minimum Gasteiger partial charge on any atom is -0.492 e. The number of ether oxygens (including phenoxy) is 3. The minimum atomic E-state index is -0.278. The van der Waals surface area contributed by atoms with Gasteiger partial charge in [0.25, 0.3) is 0 Å². The quantitative estimate of drug-likeness (QED) is 0.686. The van der Waals surface area contributed by atoms with E-state index in [-0.39, 0.29) is 6.29 Å². The summed E-state index contributed by atoms with van der Waals surface area (Å²) in [6.07, 6.45) is 0.318. The number of nitriles is 1. The number of hydrogen-bond donors (Lipinski definition) is 0. The first kappa shape index (κ1) is 15.8. The molecule has 0 heterocycles. The third kappa shape index (κ3) is 5.07. The van der Waals surface area contributed by atoms with Gasteiger partial charge in [0.1, 0.15) is 17.4 Å². The van der Waals surface area contributed by atoms with E-state index in [1.54, 1.807) is 18.2 Å². The highest BCUT2D eigenvalue weighted by atomic mass is 35.5. The lowest BCUT2D eigenvalue weighted by Crippen LogP contribution is -2.20. The van der Waals surface area contributed by atoms with Crippen LogP contribution in [-0.2, 0) is 9.47 Å². The zero-order valence-corrected chi connectivity index (χ0v) is 11.9. The molecule has 1 aromatic rings. The van der Waals surface area contributed by atoms with Crippen molar-refractivity contribution < 1.29 is 14.2 Å². The number of nitrogens with zero attached hydrogens (tertiary/aromatic N) is 1. The van der Waals surface area contributed by atoms with Gasteiger partial charge in [0, 0.05) is 19.6 Å². The largest absolute Gasteiger partial charge is 0.492 e. The van der Waals surface area contributed by atoms with Crippen LogP contribution < -0.4 is 4.74 Å². The van der Waals surface area contributed by atoms with Gasteiger partial charge >= 0.3 is 0 Å². The monoisotopic (exact) mass is 283 g/mol. The van der Waals surface area contributed by atoms with Crippen molar-refractivity contribution >= 4 is 11.6 Å². The van der Waals surface area contributed by atoms with Crippen LogP contribution in [0.3, 0.4) is 0 Å². The minimum absolute atomic E-state index is 0.278. The Morgan fingerprint density at radius 3 is 2.53 bits per heavy atom. The van der Waals surface area contributed by atoms with Gasteiger partial charge in [-0.1, -0.05) is 17.7 Å². The van der Waals surface area contributed by atoms with Crippen LogP contribution in [0, 0.1) is 11.3 Å². The van der Waals surface area contributed by atoms with E-state index in [1.807, 2.05) is 19.9 Å². The Morgan fingerprint density at radius 1 is 1.26 bits per heavy atom. The van der Waals surface area contributed by atoms with Gasteiger partial charge < -0.3 is 14.2 Å². The molecule has 0 amide bonds. The molecule has 0 aliphatic carbocycles. The van der Waals surface area contributed by atoms with Gasteiger partial charge in [-0.25, -0.2) is 0 Å². The summed E-state index contributed by atoms with van der Waals surface area (Å²) in [7, 11) is 0. The lowest BCUT2D eigenvalue weighted by molar-refractivity contribution is -0.142. The molecule has 0 N–H and O–H groups in total. The summed E-state index contributed by atoms with van der Waals surface area (Å²) in [5, 5.41) is 9.41. The molecule has 4 nitrogen and oxygen atoms in total. The molecule has 0 aliphatic heterocycles. The maximum Gasteiger partial charge on any atom is 0.160 e. The van der Waals surface area contributed by atoms with E-state index in [4.69, 9.17) is 31.1 Å². The summed E-state index contributed by atoms with van der Waals surface area (Å²) < 4.78 is 16.4. The zero-order chi connectivity index (χ0) is 14.1. The number of hydrogen-bond acceptors (Lipinski definition) is 4. The Balaban J connectivity index is 2.53. The molecule has 0 fully saturated rings. The van der Waals surface area contributed by atoms with Gasteiger partial charge in [-0.3, -0.25) is 0 Å². The van der Waals surface area contributed by atoms with Crippen LogP contribution in [0.15, 0.2) is 18.2 Å². The summed E-state index contributed by atoms with van der Waals surface area (Å²) in [5.74, 6) is 0.488. The normalized spacial score (nSPS) is 10.5. The van der Waals surface area contributed by atoms with Crippen LogP contribution in [0.1, 0.15) is 25.8 Å². The van der Waals surface area contributed by atoms with E-state index in [0.717, 1.165) is 0 Å². The second-order valence-corrected chi connectivity index (χ2v) is 4.11. The third-order valence-electron chi connectivity index (χ3n) is 2.40. The number of halogens is 1. The summed E-state index contributed by atoms with van der Waals surface area (Å²) >= 11 is 5.92. The molecule has 1 rings (SSSR count). The molecule has 0 bridgehead atoms. The molecule has 0 saturated heterocycles. The van der Waals surface area contributed by atoms with Crippen LogP contribution in [0.2, 0.25) is 5.02 Å². The van der Waals surface area contributed by atoms with Crippen molar-refractivity contribution in [3.05, 3.63) is 28.8 Å². The van der Waals surface area contributed by atoms with Gasteiger partial charge in [-0.15, -0.1) is 0 Å². The topological polar surface area (TPSA) is 51.5 Å². The number of rotatable bonds is 8. The maximum absolute atomic E-state index is 9.01. The third-order valence-corrected chi connectivity index (χ3v) is 2.72. The highest BCUT2D eigenvalue weighted by Crippen LogP contribution is 2.25. The smallest absolute Gasteiger partial charge is 0.160 e. The molecule has 0 spiro atoms. The van der Waals surface area contributed by atoms with Crippen molar-refractivity contribution in [1.82, 2.24) is 0 Å². The molecule has 0 saturated carbocycles. The molecular weight excluding hydrogens is 266 g/mol. The summed E-state index contributed by atoms with van der Waals surface area (Å²) in [6, 6.07) is 7.17. The summed E-state index contributed by atoms with van der Waals surface area (Å²) in [5.41, 5.74) is 0.355. The Hall–Kier alpha value is -1.28. The second kappa shape index (κ2) is 8.76. The first-order valence-corrected chi connectivity index (χ1v) is 6.65. The van der Waals surface area contributed by atoms with Crippen molar-refractivity contribution in [2.45, 2.75) is 26.6 Å². The first-order chi connectivity index (χ1) is 9.22. The fraction of sp³-hybridized carbons (Fsp3) is 0.500. The highest BCUT2D eigenvalue weighted by molar-refractivity contribution is 6.31. The molecule has 0 radical (unpaired) electrons. The van der Waals surface area contributed by atoms with Crippen LogP contribution >= 0.6 is 11.6 Å². The molecule has 0 aliphatic rings. The van der Waals surface area contributed by atoms with Crippen LogP contribution in [0.5, 0.6) is 5.75 Å². The average molecular weight is 284 g/mol. The van der Waals surface area contributed by atoms with Crippen LogP contribution in [0.25, 0.3) is 0 Å². The zero-order valence-electron chi connectivity index (χ0n) is 11.2. The van der Waals surface area contributed by atoms with E-state index in [2.05, 4.69) is 0 Å². The Kier molecular flexibility index (Phi) is 7.27. The lowest BCUT2D eigenvalue weighted by Gasteiger charge is -2.17. The molecular formula is C14H18ClNO3. The SMILES string of the molecule is CCOC(CCOc1cccc(Cl)c1C#N)OCC. The van der Waals surface area contributed by atoms with E-state index >= 15 is 0 Å². The Labute approximate surface area is 118 Å². The number of benzene rings is 1.